The van der Waals surface area contributed by atoms with E-state index in [0.29, 0.717) is 4.83 Å². The Hall–Kier alpha value is -0.310. The number of alkyl halides is 1. The number of nitrogens with zero attached hydrogens (tertiary/aromatic N) is 2. The third-order valence-corrected chi connectivity index (χ3v) is 2.54. The minimum Gasteiger partial charge on any atom is -0.273 e. The monoisotopic (exact) mass is 244 g/mol. The Kier molecular flexibility index (Phi) is 4.50. The predicted molar refractivity (Wildman–Crippen MR) is 59.2 cm³/mol. The van der Waals surface area contributed by atoms with E-state index in [1.807, 2.05) is 10.9 Å². The van der Waals surface area contributed by atoms with Gasteiger partial charge in [-0.1, -0.05) is 22.9 Å². The van der Waals surface area contributed by atoms with Gasteiger partial charge in [-0.25, -0.2) is 0 Å². The van der Waals surface area contributed by atoms with Gasteiger partial charge >= 0.3 is 0 Å². The average Bonchev–Trinajstić information content (AvgIpc) is 2.52. The van der Waals surface area contributed by atoms with Crippen LogP contribution in [-0.2, 0) is 13.0 Å². The maximum atomic E-state index is 4.24. The highest BCUT2D eigenvalue weighted by molar-refractivity contribution is 9.09. The number of hydrogen-bond donors (Lipinski definition) is 0. The van der Waals surface area contributed by atoms with Crippen molar-refractivity contribution in [1.29, 1.82) is 0 Å². The van der Waals surface area contributed by atoms with Gasteiger partial charge in [0.15, 0.2) is 0 Å². The van der Waals surface area contributed by atoms with Crippen LogP contribution in [0.25, 0.3) is 0 Å². The Morgan fingerprint density at radius 3 is 2.92 bits per heavy atom. The molecule has 0 saturated heterocycles. The molecule has 1 heterocycles. The van der Waals surface area contributed by atoms with Gasteiger partial charge in [-0.05, 0) is 31.7 Å². The van der Waals surface area contributed by atoms with E-state index in [-0.39, 0.29) is 0 Å². The fourth-order valence-corrected chi connectivity index (χ4v) is 1.62. The molecular formula is C10H17BrN2. The summed E-state index contributed by atoms with van der Waals surface area (Å²) in [4.78, 5) is 0.633. The summed E-state index contributed by atoms with van der Waals surface area (Å²) in [6, 6.07) is 0. The molecule has 1 atom stereocenters. The molecule has 0 N–H and O–H groups in total. The van der Waals surface area contributed by atoms with Gasteiger partial charge in [-0.3, -0.25) is 4.68 Å². The van der Waals surface area contributed by atoms with E-state index in [2.05, 4.69) is 41.1 Å². The first-order valence-electron chi connectivity index (χ1n) is 4.87. The summed E-state index contributed by atoms with van der Waals surface area (Å²) in [5, 5.41) is 4.24. The van der Waals surface area contributed by atoms with Crippen LogP contribution in [0.1, 0.15) is 32.3 Å². The highest BCUT2D eigenvalue weighted by Crippen LogP contribution is 2.10. The van der Waals surface area contributed by atoms with Gasteiger partial charge in [0.1, 0.15) is 0 Å². The molecule has 0 aliphatic rings. The van der Waals surface area contributed by atoms with Crippen LogP contribution in [-0.4, -0.2) is 14.6 Å². The number of aryl methyl sites for hydroxylation is 2. The maximum Gasteiger partial charge on any atom is 0.0521 e. The van der Waals surface area contributed by atoms with E-state index < -0.39 is 0 Å². The normalized spacial score (nSPS) is 13.2. The van der Waals surface area contributed by atoms with E-state index >= 15 is 0 Å². The summed E-state index contributed by atoms with van der Waals surface area (Å²) >= 11 is 3.55. The van der Waals surface area contributed by atoms with Gasteiger partial charge < -0.3 is 0 Å². The maximum absolute atomic E-state index is 4.24. The summed E-state index contributed by atoms with van der Waals surface area (Å²) in [6.07, 6.45) is 7.73. The molecule has 0 radical (unpaired) electrons. The summed E-state index contributed by atoms with van der Waals surface area (Å²) in [7, 11) is 0. The molecule has 0 saturated carbocycles. The molecule has 0 amide bonds. The molecule has 74 valence electrons. The quantitative estimate of drug-likeness (QED) is 0.729. The zero-order valence-corrected chi connectivity index (χ0v) is 9.92. The molecule has 0 spiro atoms. The Morgan fingerprint density at radius 2 is 2.38 bits per heavy atom. The molecule has 0 aliphatic heterocycles. The van der Waals surface area contributed by atoms with Crippen molar-refractivity contribution < 1.29 is 0 Å². The van der Waals surface area contributed by atoms with Crippen LogP contribution in [0.5, 0.6) is 0 Å². The van der Waals surface area contributed by atoms with Crippen molar-refractivity contribution in [2.24, 2.45) is 0 Å². The lowest BCUT2D eigenvalue weighted by atomic mass is 10.1. The van der Waals surface area contributed by atoms with Crippen molar-refractivity contribution in [3.05, 3.63) is 18.0 Å². The summed E-state index contributed by atoms with van der Waals surface area (Å²) < 4.78 is 1.98. The van der Waals surface area contributed by atoms with Crippen molar-refractivity contribution in [3.8, 4) is 0 Å². The Morgan fingerprint density at radius 1 is 1.62 bits per heavy atom. The van der Waals surface area contributed by atoms with Gasteiger partial charge in [-0.15, -0.1) is 0 Å². The largest absolute Gasteiger partial charge is 0.273 e. The van der Waals surface area contributed by atoms with Crippen LogP contribution < -0.4 is 0 Å². The number of hydrogen-bond acceptors (Lipinski definition) is 1. The molecule has 0 bridgehead atoms. The van der Waals surface area contributed by atoms with Crippen LogP contribution in [0.4, 0.5) is 0 Å². The zero-order valence-electron chi connectivity index (χ0n) is 8.33. The van der Waals surface area contributed by atoms with Gasteiger partial charge in [0.05, 0.1) is 6.20 Å². The third-order valence-electron chi connectivity index (χ3n) is 2.08. The molecule has 0 aliphatic carbocycles. The van der Waals surface area contributed by atoms with Gasteiger partial charge in [-0.2, -0.15) is 5.10 Å². The van der Waals surface area contributed by atoms with Crippen LogP contribution in [0, 0.1) is 0 Å². The first kappa shape index (κ1) is 10.8. The fraction of sp³-hybridized carbons (Fsp3) is 0.700. The SMILES string of the molecule is CCn1cc(CCCC(C)Br)cn1. The average molecular weight is 245 g/mol. The molecule has 1 aromatic rings. The van der Waals surface area contributed by atoms with E-state index in [1.54, 1.807) is 0 Å². The molecular weight excluding hydrogens is 228 g/mol. The molecule has 3 heteroatoms. The van der Waals surface area contributed by atoms with Crippen LogP contribution in [0.3, 0.4) is 0 Å². The Balaban J connectivity index is 2.28. The van der Waals surface area contributed by atoms with Gasteiger partial charge in [0.2, 0.25) is 0 Å². The molecule has 1 unspecified atom stereocenters. The van der Waals surface area contributed by atoms with Crippen molar-refractivity contribution >= 4 is 15.9 Å². The standard InChI is InChI=1S/C10H17BrN2/c1-3-13-8-10(7-12-13)6-4-5-9(2)11/h7-9H,3-6H2,1-2H3. The van der Waals surface area contributed by atoms with Crippen molar-refractivity contribution in [2.45, 2.75) is 44.5 Å². The first-order chi connectivity index (χ1) is 6.22. The highest BCUT2D eigenvalue weighted by Gasteiger charge is 1.99. The second-order valence-corrected chi connectivity index (χ2v) is 4.94. The minimum absolute atomic E-state index is 0.633. The summed E-state index contributed by atoms with van der Waals surface area (Å²) in [6.45, 7) is 5.27. The van der Waals surface area contributed by atoms with Crippen molar-refractivity contribution in [1.82, 2.24) is 9.78 Å². The molecule has 1 aromatic heterocycles. The molecule has 0 aromatic carbocycles. The topological polar surface area (TPSA) is 17.8 Å². The summed E-state index contributed by atoms with van der Waals surface area (Å²) in [5.74, 6) is 0. The molecule has 0 fully saturated rings. The van der Waals surface area contributed by atoms with Crippen molar-refractivity contribution in [3.63, 3.8) is 0 Å². The van der Waals surface area contributed by atoms with E-state index in [9.17, 15) is 0 Å². The molecule has 1 rings (SSSR count). The lowest BCUT2D eigenvalue weighted by Crippen LogP contribution is -1.93. The lowest BCUT2D eigenvalue weighted by Gasteiger charge is -2.00. The third kappa shape index (κ3) is 3.94. The molecule has 13 heavy (non-hydrogen) atoms. The lowest BCUT2D eigenvalue weighted by molar-refractivity contribution is 0.658. The Bertz CT molecular complexity index is 243. The Labute approximate surface area is 88.5 Å². The number of halogens is 1. The zero-order chi connectivity index (χ0) is 9.68. The highest BCUT2D eigenvalue weighted by atomic mass is 79.9. The second kappa shape index (κ2) is 5.43. The number of aromatic nitrogens is 2. The van der Waals surface area contributed by atoms with E-state index in [1.165, 1.54) is 18.4 Å². The number of rotatable bonds is 5. The van der Waals surface area contributed by atoms with Crippen LogP contribution >= 0.6 is 15.9 Å². The van der Waals surface area contributed by atoms with Gasteiger partial charge in [0.25, 0.3) is 0 Å². The minimum atomic E-state index is 0.633. The molecule has 2 nitrogen and oxygen atoms in total. The summed E-state index contributed by atoms with van der Waals surface area (Å²) in [5.41, 5.74) is 1.36. The van der Waals surface area contributed by atoms with E-state index in [4.69, 9.17) is 0 Å². The predicted octanol–water partition coefficient (Wildman–Crippen LogP) is 3.01. The van der Waals surface area contributed by atoms with Crippen LogP contribution in [0.2, 0.25) is 0 Å². The van der Waals surface area contributed by atoms with Gasteiger partial charge in [0, 0.05) is 17.6 Å². The fourth-order valence-electron chi connectivity index (χ4n) is 1.30. The first-order valence-corrected chi connectivity index (χ1v) is 5.79. The van der Waals surface area contributed by atoms with Crippen molar-refractivity contribution in [2.75, 3.05) is 0 Å². The smallest absolute Gasteiger partial charge is 0.0521 e. The van der Waals surface area contributed by atoms with E-state index in [0.717, 1.165) is 13.0 Å². The van der Waals surface area contributed by atoms with Crippen LogP contribution in [0.15, 0.2) is 12.4 Å². The second-order valence-electron chi connectivity index (χ2n) is 3.38.